The Balaban J connectivity index is 1.60. The molecule has 0 bridgehead atoms. The third kappa shape index (κ3) is 4.31. The molecule has 4 rings (SSSR count). The number of fused-ring (bicyclic) bond motifs is 1. The summed E-state index contributed by atoms with van der Waals surface area (Å²) in [6.45, 7) is 7.56. The third-order valence-corrected chi connectivity index (χ3v) is 5.86. The van der Waals surface area contributed by atoms with Crippen molar-refractivity contribution in [1.82, 2.24) is 9.47 Å². The van der Waals surface area contributed by atoms with Gasteiger partial charge in [0.15, 0.2) is 6.29 Å². The number of benzene rings is 1. The predicted octanol–water partition coefficient (Wildman–Crippen LogP) is 5.12. The fraction of sp³-hybridized carbons (Fsp3) is 0.565. The molecule has 2 heterocycles. The van der Waals surface area contributed by atoms with E-state index in [4.69, 9.17) is 4.74 Å². The molecule has 1 aliphatic carbocycles. The molecule has 6 heteroatoms. The number of likely N-dealkylation sites (tertiary alicyclic amines) is 1. The van der Waals surface area contributed by atoms with E-state index in [-0.39, 0.29) is 17.8 Å². The highest BCUT2D eigenvalue weighted by molar-refractivity contribution is 5.91. The molecule has 2 fully saturated rings. The topological polar surface area (TPSA) is 51.5 Å². The van der Waals surface area contributed by atoms with Crippen LogP contribution in [0.1, 0.15) is 68.4 Å². The Bertz CT molecular complexity index is 932. The summed E-state index contributed by atoms with van der Waals surface area (Å²) in [4.78, 5) is 25.7. The SMILES string of the molecule is CC(C)(C)OC(=O)N1CCC(c2cc(F)cc3cc(C=O)n(CC4CC4)c23)CC1. The number of rotatable bonds is 4. The van der Waals surface area contributed by atoms with E-state index in [1.807, 2.05) is 20.8 Å². The number of piperidine rings is 1. The van der Waals surface area contributed by atoms with Gasteiger partial charge in [-0.1, -0.05) is 0 Å². The second kappa shape index (κ2) is 7.47. The number of nitrogens with zero attached hydrogens (tertiary/aromatic N) is 2. The van der Waals surface area contributed by atoms with Crippen molar-refractivity contribution in [2.24, 2.45) is 5.92 Å². The van der Waals surface area contributed by atoms with Crippen LogP contribution >= 0.6 is 0 Å². The van der Waals surface area contributed by atoms with E-state index in [2.05, 4.69) is 4.57 Å². The summed E-state index contributed by atoms with van der Waals surface area (Å²) >= 11 is 0. The van der Waals surface area contributed by atoms with Crippen molar-refractivity contribution in [3.05, 3.63) is 35.3 Å². The number of aromatic nitrogens is 1. The molecular formula is C23H29FN2O3. The number of amides is 1. The molecule has 0 atom stereocenters. The molecular weight excluding hydrogens is 371 g/mol. The van der Waals surface area contributed by atoms with Crippen LogP contribution in [0.25, 0.3) is 10.9 Å². The fourth-order valence-electron chi connectivity index (χ4n) is 4.29. The maximum Gasteiger partial charge on any atom is 0.410 e. The normalized spacial score (nSPS) is 18.3. The molecule has 2 aliphatic rings. The Morgan fingerprint density at radius 1 is 1.17 bits per heavy atom. The zero-order chi connectivity index (χ0) is 20.8. The highest BCUT2D eigenvalue weighted by Crippen LogP contribution is 2.38. The van der Waals surface area contributed by atoms with Crippen LogP contribution in [0.2, 0.25) is 0 Å². The highest BCUT2D eigenvalue weighted by atomic mass is 19.1. The number of hydrogen-bond acceptors (Lipinski definition) is 3. The van der Waals surface area contributed by atoms with E-state index in [9.17, 15) is 14.0 Å². The van der Waals surface area contributed by atoms with Gasteiger partial charge in [-0.15, -0.1) is 0 Å². The minimum Gasteiger partial charge on any atom is -0.444 e. The van der Waals surface area contributed by atoms with Gasteiger partial charge in [0, 0.05) is 25.0 Å². The van der Waals surface area contributed by atoms with Crippen molar-refractivity contribution in [3.63, 3.8) is 0 Å². The minimum absolute atomic E-state index is 0.152. The zero-order valence-electron chi connectivity index (χ0n) is 17.4. The van der Waals surface area contributed by atoms with Crippen LogP contribution in [-0.4, -0.2) is 40.5 Å². The van der Waals surface area contributed by atoms with Gasteiger partial charge in [-0.2, -0.15) is 0 Å². The van der Waals surface area contributed by atoms with E-state index in [1.165, 1.54) is 18.9 Å². The van der Waals surface area contributed by atoms with Gasteiger partial charge in [-0.05, 0) is 82.1 Å². The molecule has 0 N–H and O–H groups in total. The Labute approximate surface area is 170 Å². The quantitative estimate of drug-likeness (QED) is 0.670. The van der Waals surface area contributed by atoms with Crippen molar-refractivity contribution in [3.8, 4) is 0 Å². The van der Waals surface area contributed by atoms with Crippen LogP contribution in [0.3, 0.4) is 0 Å². The number of halogens is 1. The molecule has 1 aromatic carbocycles. The van der Waals surface area contributed by atoms with Crippen molar-refractivity contribution >= 4 is 23.3 Å². The number of carbonyl (C=O) groups excluding carboxylic acids is 2. The molecule has 2 aromatic rings. The molecule has 1 saturated heterocycles. The molecule has 0 spiro atoms. The van der Waals surface area contributed by atoms with Crippen molar-refractivity contribution < 1.29 is 18.7 Å². The lowest BCUT2D eigenvalue weighted by Gasteiger charge is -2.34. The molecule has 0 unspecified atom stereocenters. The fourth-order valence-corrected chi connectivity index (χ4v) is 4.29. The molecule has 1 amide bonds. The van der Waals surface area contributed by atoms with Crippen LogP contribution < -0.4 is 0 Å². The maximum atomic E-state index is 14.4. The largest absolute Gasteiger partial charge is 0.444 e. The van der Waals surface area contributed by atoms with Crippen LogP contribution in [0.15, 0.2) is 18.2 Å². The van der Waals surface area contributed by atoms with Gasteiger partial charge in [-0.25, -0.2) is 9.18 Å². The second-order valence-corrected chi connectivity index (χ2v) is 9.42. The average molecular weight is 400 g/mol. The van der Waals surface area contributed by atoms with Crippen LogP contribution in [0.4, 0.5) is 9.18 Å². The molecule has 156 valence electrons. The maximum absolute atomic E-state index is 14.4. The first kappa shape index (κ1) is 19.9. The van der Waals surface area contributed by atoms with Gasteiger partial charge in [-0.3, -0.25) is 4.79 Å². The van der Waals surface area contributed by atoms with Gasteiger partial charge in [0.25, 0.3) is 0 Å². The number of aldehydes is 1. The number of carbonyl (C=O) groups is 2. The summed E-state index contributed by atoms with van der Waals surface area (Å²) in [6.07, 6.45) is 4.45. The van der Waals surface area contributed by atoms with Crippen LogP contribution in [-0.2, 0) is 11.3 Å². The summed E-state index contributed by atoms with van der Waals surface area (Å²) in [5.41, 5.74) is 2.04. The van der Waals surface area contributed by atoms with E-state index in [1.54, 1.807) is 17.0 Å². The van der Waals surface area contributed by atoms with Gasteiger partial charge in [0.1, 0.15) is 11.4 Å². The molecule has 0 radical (unpaired) electrons. The molecule has 1 aliphatic heterocycles. The average Bonchev–Trinajstić information content (AvgIpc) is 3.40. The Kier molecular flexibility index (Phi) is 5.13. The minimum atomic E-state index is -0.516. The highest BCUT2D eigenvalue weighted by Gasteiger charge is 2.30. The Hall–Kier alpha value is -2.37. The first-order valence-electron chi connectivity index (χ1n) is 10.5. The van der Waals surface area contributed by atoms with Crippen molar-refractivity contribution in [1.29, 1.82) is 0 Å². The second-order valence-electron chi connectivity index (χ2n) is 9.42. The van der Waals surface area contributed by atoms with E-state index in [0.29, 0.717) is 24.7 Å². The van der Waals surface area contributed by atoms with Crippen molar-refractivity contribution in [2.75, 3.05) is 13.1 Å². The zero-order valence-corrected chi connectivity index (χ0v) is 17.4. The molecule has 1 aromatic heterocycles. The Morgan fingerprint density at radius 3 is 2.45 bits per heavy atom. The first-order chi connectivity index (χ1) is 13.7. The molecule has 5 nitrogen and oxygen atoms in total. The predicted molar refractivity (Wildman–Crippen MR) is 110 cm³/mol. The van der Waals surface area contributed by atoms with Crippen LogP contribution in [0.5, 0.6) is 0 Å². The van der Waals surface area contributed by atoms with E-state index in [0.717, 1.165) is 42.1 Å². The smallest absolute Gasteiger partial charge is 0.410 e. The van der Waals surface area contributed by atoms with E-state index < -0.39 is 5.60 Å². The number of hydrogen-bond donors (Lipinski definition) is 0. The summed E-state index contributed by atoms with van der Waals surface area (Å²) in [7, 11) is 0. The first-order valence-corrected chi connectivity index (χ1v) is 10.5. The molecule has 1 saturated carbocycles. The lowest BCUT2D eigenvalue weighted by Crippen LogP contribution is -2.41. The van der Waals surface area contributed by atoms with Crippen LogP contribution in [0, 0.1) is 11.7 Å². The summed E-state index contributed by atoms with van der Waals surface area (Å²) in [5, 5.41) is 0.789. The van der Waals surface area contributed by atoms with E-state index >= 15 is 0 Å². The summed E-state index contributed by atoms with van der Waals surface area (Å²) < 4.78 is 21.9. The van der Waals surface area contributed by atoms with Gasteiger partial charge in [0.2, 0.25) is 0 Å². The summed E-state index contributed by atoms with van der Waals surface area (Å²) in [5.74, 6) is 0.485. The summed E-state index contributed by atoms with van der Waals surface area (Å²) in [6, 6.07) is 4.94. The van der Waals surface area contributed by atoms with Gasteiger partial charge in [0.05, 0.1) is 11.2 Å². The Morgan fingerprint density at radius 2 is 1.86 bits per heavy atom. The lowest BCUT2D eigenvalue weighted by atomic mass is 9.88. The monoisotopic (exact) mass is 400 g/mol. The molecule has 29 heavy (non-hydrogen) atoms. The third-order valence-electron chi connectivity index (χ3n) is 5.86. The van der Waals surface area contributed by atoms with Gasteiger partial charge < -0.3 is 14.2 Å². The van der Waals surface area contributed by atoms with Gasteiger partial charge >= 0.3 is 6.09 Å². The van der Waals surface area contributed by atoms with Crippen molar-refractivity contribution in [2.45, 2.75) is 64.5 Å². The standard InChI is InChI=1S/C23H29FN2O3/c1-23(2,3)29-22(28)25-8-6-16(7-9-25)20-12-18(24)10-17-11-19(14-27)26(21(17)20)13-15-4-5-15/h10-12,14-16H,4-9,13H2,1-3H3. The lowest BCUT2D eigenvalue weighted by molar-refractivity contribution is 0.0205. The number of ether oxygens (including phenoxy) is 1.